The van der Waals surface area contributed by atoms with E-state index >= 15 is 0 Å². The lowest BCUT2D eigenvalue weighted by Crippen LogP contribution is -2.51. The quantitative estimate of drug-likeness (QED) is 0.558. The smallest absolute Gasteiger partial charge is 0.270 e. The first kappa shape index (κ1) is 21.9. The molecular formula is C25H28FN4O2+. The summed E-state index contributed by atoms with van der Waals surface area (Å²) in [5.74, 6) is 1.14. The summed E-state index contributed by atoms with van der Waals surface area (Å²) in [5.41, 5.74) is 1.13. The average Bonchev–Trinajstić information content (AvgIpc) is 2.81. The number of likely N-dealkylation sites (tertiary alicyclic amines) is 1. The number of piperidine rings is 1. The van der Waals surface area contributed by atoms with Crippen LogP contribution < -0.4 is 10.1 Å². The van der Waals surface area contributed by atoms with Crippen LogP contribution in [0, 0.1) is 5.82 Å². The predicted molar refractivity (Wildman–Crippen MR) is 121 cm³/mol. The molecule has 0 radical (unpaired) electrons. The molecule has 166 valence electrons. The summed E-state index contributed by atoms with van der Waals surface area (Å²) in [7, 11) is 2.26. The van der Waals surface area contributed by atoms with E-state index < -0.39 is 0 Å². The molecule has 1 aromatic heterocycles. The maximum absolute atomic E-state index is 13.0. The topological polar surface area (TPSA) is 64.1 Å². The van der Waals surface area contributed by atoms with Gasteiger partial charge in [0, 0.05) is 11.8 Å². The Morgan fingerprint density at radius 2 is 1.66 bits per heavy atom. The number of likely N-dealkylation sites (N-methyl/N-ethyl adjacent to an activating group) is 1. The molecule has 3 aromatic rings. The van der Waals surface area contributed by atoms with Gasteiger partial charge < -0.3 is 14.5 Å². The number of ether oxygens (including phenoxy) is 1. The first-order valence-corrected chi connectivity index (χ1v) is 11.0. The van der Waals surface area contributed by atoms with E-state index in [2.05, 4.69) is 22.3 Å². The van der Waals surface area contributed by atoms with Crippen molar-refractivity contribution in [2.75, 3.05) is 33.2 Å². The highest BCUT2D eigenvalue weighted by Gasteiger charge is 2.24. The number of amides is 1. The number of aromatic nitrogens is 2. The van der Waals surface area contributed by atoms with Gasteiger partial charge in [0.25, 0.3) is 5.91 Å². The second-order valence-electron chi connectivity index (χ2n) is 8.45. The lowest BCUT2D eigenvalue weighted by molar-refractivity contribution is -0.912. The standard InChI is InChI=1S/C25H27FN4O2/c1-30(16-3-2-4-17-30)18-15-28-25(31)23-13-14-27-24(29-23)19-5-9-21(10-6-19)32-22-11-7-20(26)8-12-22/h5-14H,2-4,15-18H2,1H3/p+1. The molecule has 1 saturated heterocycles. The number of quaternary nitrogens is 1. The molecule has 0 aliphatic carbocycles. The van der Waals surface area contributed by atoms with Gasteiger partial charge in [-0.05, 0) is 73.9 Å². The van der Waals surface area contributed by atoms with Gasteiger partial charge in [0.15, 0.2) is 5.82 Å². The molecule has 1 fully saturated rings. The summed E-state index contributed by atoms with van der Waals surface area (Å²) >= 11 is 0. The third kappa shape index (κ3) is 5.68. The molecule has 0 spiro atoms. The zero-order chi connectivity index (χ0) is 22.4. The van der Waals surface area contributed by atoms with Gasteiger partial charge in [-0.3, -0.25) is 4.79 Å². The fraction of sp³-hybridized carbons (Fsp3) is 0.320. The number of hydrogen-bond donors (Lipinski definition) is 1. The van der Waals surface area contributed by atoms with E-state index in [1.54, 1.807) is 36.5 Å². The molecule has 0 unspecified atom stereocenters. The number of nitrogens with zero attached hydrogens (tertiary/aromatic N) is 3. The molecule has 4 rings (SSSR count). The van der Waals surface area contributed by atoms with Crippen LogP contribution >= 0.6 is 0 Å². The Labute approximate surface area is 187 Å². The van der Waals surface area contributed by atoms with Crippen molar-refractivity contribution in [3.63, 3.8) is 0 Å². The van der Waals surface area contributed by atoms with Gasteiger partial charge in [-0.15, -0.1) is 0 Å². The van der Waals surface area contributed by atoms with Crippen molar-refractivity contribution in [2.24, 2.45) is 0 Å². The summed E-state index contributed by atoms with van der Waals surface area (Å²) in [4.78, 5) is 21.3. The molecule has 1 aliphatic rings. The summed E-state index contributed by atoms with van der Waals surface area (Å²) in [6.07, 6.45) is 5.42. The number of benzene rings is 2. The van der Waals surface area contributed by atoms with E-state index in [1.165, 1.54) is 44.5 Å². The van der Waals surface area contributed by atoms with Gasteiger partial charge in [0.1, 0.15) is 23.0 Å². The first-order chi connectivity index (χ1) is 15.5. The highest BCUT2D eigenvalue weighted by atomic mass is 19.1. The fourth-order valence-electron chi connectivity index (χ4n) is 3.96. The predicted octanol–water partition coefficient (Wildman–Crippen LogP) is 4.44. The molecule has 1 amide bonds. The minimum Gasteiger partial charge on any atom is -0.457 e. The second-order valence-corrected chi connectivity index (χ2v) is 8.45. The van der Waals surface area contributed by atoms with Gasteiger partial charge in [0.05, 0.1) is 33.2 Å². The number of halogens is 1. The van der Waals surface area contributed by atoms with Gasteiger partial charge in [-0.2, -0.15) is 0 Å². The van der Waals surface area contributed by atoms with Crippen molar-refractivity contribution in [1.82, 2.24) is 15.3 Å². The van der Waals surface area contributed by atoms with Crippen LogP contribution in [0.4, 0.5) is 4.39 Å². The van der Waals surface area contributed by atoms with Crippen LogP contribution in [-0.4, -0.2) is 53.6 Å². The van der Waals surface area contributed by atoms with Crippen molar-refractivity contribution in [3.8, 4) is 22.9 Å². The van der Waals surface area contributed by atoms with Crippen LogP contribution in [0.1, 0.15) is 29.8 Å². The van der Waals surface area contributed by atoms with E-state index in [0.29, 0.717) is 29.6 Å². The molecule has 7 heteroatoms. The molecule has 0 atom stereocenters. The highest BCUT2D eigenvalue weighted by molar-refractivity contribution is 5.92. The van der Waals surface area contributed by atoms with E-state index in [1.807, 2.05) is 12.1 Å². The Kier molecular flexibility index (Phi) is 6.75. The molecule has 1 aliphatic heterocycles. The van der Waals surface area contributed by atoms with Crippen molar-refractivity contribution in [2.45, 2.75) is 19.3 Å². The van der Waals surface area contributed by atoms with Gasteiger partial charge >= 0.3 is 0 Å². The minimum atomic E-state index is -0.309. The second kappa shape index (κ2) is 9.87. The molecule has 2 heterocycles. The SMILES string of the molecule is C[N+]1(CCNC(=O)c2ccnc(-c3ccc(Oc4ccc(F)cc4)cc3)n2)CCCCC1. The van der Waals surface area contributed by atoms with Gasteiger partial charge in [-0.25, -0.2) is 14.4 Å². The average molecular weight is 436 g/mol. The molecule has 6 nitrogen and oxygen atoms in total. The van der Waals surface area contributed by atoms with E-state index in [0.717, 1.165) is 16.6 Å². The van der Waals surface area contributed by atoms with Crippen molar-refractivity contribution in [3.05, 3.63) is 72.3 Å². The molecule has 1 N–H and O–H groups in total. The van der Waals surface area contributed by atoms with Crippen molar-refractivity contribution in [1.29, 1.82) is 0 Å². The summed E-state index contributed by atoms with van der Waals surface area (Å²) in [5, 5.41) is 3.00. The maximum atomic E-state index is 13.0. The molecular weight excluding hydrogens is 407 g/mol. The Hall–Kier alpha value is -3.32. The largest absolute Gasteiger partial charge is 0.457 e. The number of nitrogens with one attached hydrogen (secondary N) is 1. The van der Waals surface area contributed by atoms with Crippen LogP contribution in [0.2, 0.25) is 0 Å². The Morgan fingerprint density at radius 1 is 1.00 bits per heavy atom. The van der Waals surface area contributed by atoms with Crippen LogP contribution in [0.15, 0.2) is 60.8 Å². The van der Waals surface area contributed by atoms with Crippen LogP contribution in [0.3, 0.4) is 0 Å². The third-order valence-corrected chi connectivity index (χ3v) is 5.88. The first-order valence-electron chi connectivity index (χ1n) is 11.0. The lowest BCUT2D eigenvalue weighted by Gasteiger charge is -2.37. The number of hydrogen-bond acceptors (Lipinski definition) is 4. The number of rotatable bonds is 7. The lowest BCUT2D eigenvalue weighted by atomic mass is 10.1. The number of carbonyl (C=O) groups is 1. The maximum Gasteiger partial charge on any atom is 0.270 e. The van der Waals surface area contributed by atoms with Crippen LogP contribution in [0.25, 0.3) is 11.4 Å². The Bertz CT molecular complexity index is 1050. The summed E-state index contributed by atoms with van der Waals surface area (Å²) < 4.78 is 19.8. The zero-order valence-corrected chi connectivity index (χ0v) is 18.3. The molecule has 0 saturated carbocycles. The van der Waals surface area contributed by atoms with Gasteiger partial charge in [-0.1, -0.05) is 0 Å². The van der Waals surface area contributed by atoms with Gasteiger partial charge in [0.2, 0.25) is 0 Å². The molecule has 0 bridgehead atoms. The minimum absolute atomic E-state index is 0.187. The Morgan fingerprint density at radius 3 is 2.34 bits per heavy atom. The zero-order valence-electron chi connectivity index (χ0n) is 18.3. The normalized spacial score (nSPS) is 15.2. The third-order valence-electron chi connectivity index (χ3n) is 5.88. The molecule has 32 heavy (non-hydrogen) atoms. The van der Waals surface area contributed by atoms with E-state index in [-0.39, 0.29) is 11.7 Å². The van der Waals surface area contributed by atoms with Crippen molar-refractivity contribution >= 4 is 5.91 Å². The number of carbonyl (C=O) groups excluding carboxylic acids is 1. The van der Waals surface area contributed by atoms with E-state index in [4.69, 9.17) is 4.74 Å². The van der Waals surface area contributed by atoms with Crippen LogP contribution in [-0.2, 0) is 0 Å². The van der Waals surface area contributed by atoms with Crippen LogP contribution in [0.5, 0.6) is 11.5 Å². The summed E-state index contributed by atoms with van der Waals surface area (Å²) in [6.45, 7) is 3.91. The fourth-order valence-corrected chi connectivity index (χ4v) is 3.96. The monoisotopic (exact) mass is 435 g/mol. The molecule has 2 aromatic carbocycles. The van der Waals surface area contributed by atoms with Crippen molar-refractivity contribution < 1.29 is 18.4 Å². The highest BCUT2D eigenvalue weighted by Crippen LogP contribution is 2.24. The Balaban J connectivity index is 1.36. The van der Waals surface area contributed by atoms with E-state index in [9.17, 15) is 9.18 Å². The summed E-state index contributed by atoms with van der Waals surface area (Å²) in [6, 6.07) is 14.7.